The molecule has 1 aromatic carbocycles. The number of nitrogens with two attached hydrogens (primary N) is 1. The zero-order valence-corrected chi connectivity index (χ0v) is 10.8. The van der Waals surface area contributed by atoms with Crippen molar-refractivity contribution in [1.29, 1.82) is 0 Å². The fourth-order valence-corrected chi connectivity index (χ4v) is 2.32. The van der Waals surface area contributed by atoms with E-state index in [0.717, 1.165) is 5.56 Å². The van der Waals surface area contributed by atoms with E-state index in [2.05, 4.69) is 5.32 Å². The van der Waals surface area contributed by atoms with Gasteiger partial charge in [0, 0.05) is 32.5 Å². The number of benzene rings is 1. The fourth-order valence-electron chi connectivity index (χ4n) is 2.32. The Hall–Kier alpha value is -1.88. The van der Waals surface area contributed by atoms with Crippen molar-refractivity contribution in [3.8, 4) is 0 Å². The molecule has 102 valence electrons. The van der Waals surface area contributed by atoms with Crippen LogP contribution in [0.5, 0.6) is 0 Å². The second-order valence-electron chi connectivity index (χ2n) is 4.70. The van der Waals surface area contributed by atoms with Crippen LogP contribution >= 0.6 is 0 Å². The van der Waals surface area contributed by atoms with Gasteiger partial charge in [0.25, 0.3) is 0 Å². The van der Waals surface area contributed by atoms with Crippen LogP contribution in [0.1, 0.15) is 12.0 Å². The van der Waals surface area contributed by atoms with E-state index in [0.29, 0.717) is 32.5 Å². The summed E-state index contributed by atoms with van der Waals surface area (Å²) in [4.78, 5) is 25.3. The molecule has 2 rings (SSSR count). The summed E-state index contributed by atoms with van der Waals surface area (Å²) in [5.74, 6) is -0.455. The number of nitrogens with zero attached hydrogens (tertiary/aromatic N) is 1. The average molecular weight is 261 g/mol. The molecule has 5 heteroatoms. The summed E-state index contributed by atoms with van der Waals surface area (Å²) in [6.07, 6.45) is 0.889. The van der Waals surface area contributed by atoms with Crippen molar-refractivity contribution < 1.29 is 9.59 Å². The highest BCUT2D eigenvalue weighted by atomic mass is 16.2. The lowest BCUT2D eigenvalue weighted by Crippen LogP contribution is -2.49. The molecular weight excluding hydrogens is 242 g/mol. The average Bonchev–Trinajstić information content (AvgIpc) is 2.62. The molecule has 0 bridgehead atoms. The summed E-state index contributed by atoms with van der Waals surface area (Å²) in [6.45, 7) is 1.88. The summed E-state index contributed by atoms with van der Waals surface area (Å²) >= 11 is 0. The number of carbonyl (C=O) groups is 2. The van der Waals surface area contributed by atoms with E-state index in [4.69, 9.17) is 5.73 Å². The van der Waals surface area contributed by atoms with Gasteiger partial charge in [0.1, 0.15) is 6.04 Å². The van der Waals surface area contributed by atoms with Gasteiger partial charge in [-0.05, 0) is 5.56 Å². The van der Waals surface area contributed by atoms with E-state index in [9.17, 15) is 9.59 Å². The summed E-state index contributed by atoms with van der Waals surface area (Å²) in [5, 5.41) is 3.15. The minimum absolute atomic E-state index is 0.00951. The molecule has 0 aliphatic carbocycles. The van der Waals surface area contributed by atoms with Gasteiger partial charge in [0.05, 0.1) is 0 Å². The lowest BCUT2D eigenvalue weighted by atomic mass is 10.0. The second kappa shape index (κ2) is 6.33. The number of rotatable bonds is 4. The third kappa shape index (κ3) is 3.54. The first-order valence-corrected chi connectivity index (χ1v) is 6.52. The highest BCUT2D eigenvalue weighted by molar-refractivity contribution is 5.87. The minimum Gasteiger partial charge on any atom is -0.368 e. The van der Waals surface area contributed by atoms with Gasteiger partial charge in [-0.3, -0.25) is 9.59 Å². The molecule has 1 heterocycles. The first kappa shape index (κ1) is 13.5. The van der Waals surface area contributed by atoms with Crippen LogP contribution in [-0.4, -0.2) is 42.4 Å². The van der Waals surface area contributed by atoms with Crippen molar-refractivity contribution >= 4 is 11.8 Å². The van der Waals surface area contributed by atoms with Crippen LogP contribution in [0.25, 0.3) is 0 Å². The number of hydrogen-bond acceptors (Lipinski definition) is 3. The molecule has 1 aliphatic rings. The van der Waals surface area contributed by atoms with Crippen LogP contribution in [0, 0.1) is 0 Å². The molecule has 3 N–H and O–H groups in total. The largest absolute Gasteiger partial charge is 0.368 e. The summed E-state index contributed by atoms with van der Waals surface area (Å²) in [5.41, 5.74) is 6.49. The number of primary amides is 1. The Kier molecular flexibility index (Phi) is 4.52. The van der Waals surface area contributed by atoms with Crippen molar-refractivity contribution in [2.24, 2.45) is 5.73 Å². The van der Waals surface area contributed by atoms with Crippen molar-refractivity contribution in [3.05, 3.63) is 35.9 Å². The maximum atomic E-state index is 12.0. The Morgan fingerprint density at radius 3 is 2.74 bits per heavy atom. The third-order valence-corrected chi connectivity index (χ3v) is 3.34. The minimum atomic E-state index is -0.560. The normalized spacial score (nSPS) is 17.9. The quantitative estimate of drug-likeness (QED) is 0.795. The van der Waals surface area contributed by atoms with Crippen LogP contribution in [0.2, 0.25) is 0 Å². The number of carbonyl (C=O) groups excluding carboxylic acids is 2. The predicted octanol–water partition coefficient (Wildman–Crippen LogP) is -0.0951. The third-order valence-electron chi connectivity index (χ3n) is 3.34. The number of amides is 2. The van der Waals surface area contributed by atoms with E-state index in [-0.39, 0.29) is 5.91 Å². The van der Waals surface area contributed by atoms with Gasteiger partial charge in [-0.1, -0.05) is 30.3 Å². The topological polar surface area (TPSA) is 75.4 Å². The molecule has 19 heavy (non-hydrogen) atoms. The van der Waals surface area contributed by atoms with Gasteiger partial charge in [-0.2, -0.15) is 0 Å². The lowest BCUT2D eigenvalue weighted by Gasteiger charge is -2.28. The van der Waals surface area contributed by atoms with Gasteiger partial charge in [-0.15, -0.1) is 0 Å². The molecule has 0 aromatic heterocycles. The second-order valence-corrected chi connectivity index (χ2v) is 4.70. The van der Waals surface area contributed by atoms with Crippen LogP contribution in [0.15, 0.2) is 30.3 Å². The molecule has 1 aromatic rings. The van der Waals surface area contributed by atoms with Gasteiger partial charge in [0.15, 0.2) is 0 Å². The molecule has 0 spiro atoms. The first-order chi connectivity index (χ1) is 9.18. The van der Waals surface area contributed by atoms with Gasteiger partial charge < -0.3 is 16.0 Å². The Balaban J connectivity index is 2.15. The first-order valence-electron chi connectivity index (χ1n) is 6.52. The van der Waals surface area contributed by atoms with E-state index < -0.39 is 11.9 Å². The molecule has 2 amide bonds. The SMILES string of the molecule is NC(=O)[C@H](Cc1ccccc1)N1CCNCCC1=O. The van der Waals surface area contributed by atoms with Crippen molar-refractivity contribution in [2.45, 2.75) is 18.9 Å². The molecule has 0 unspecified atom stereocenters. The highest BCUT2D eigenvalue weighted by Gasteiger charge is 2.28. The zero-order valence-electron chi connectivity index (χ0n) is 10.8. The molecular formula is C14H19N3O2. The molecule has 1 fully saturated rings. The van der Waals surface area contributed by atoms with E-state index >= 15 is 0 Å². The summed E-state index contributed by atoms with van der Waals surface area (Å²) in [7, 11) is 0. The van der Waals surface area contributed by atoms with Crippen molar-refractivity contribution in [3.63, 3.8) is 0 Å². The van der Waals surface area contributed by atoms with Crippen LogP contribution in [0.3, 0.4) is 0 Å². The van der Waals surface area contributed by atoms with Crippen LogP contribution in [0.4, 0.5) is 0 Å². The molecule has 1 saturated heterocycles. The maximum Gasteiger partial charge on any atom is 0.240 e. The highest BCUT2D eigenvalue weighted by Crippen LogP contribution is 2.11. The van der Waals surface area contributed by atoms with Crippen LogP contribution < -0.4 is 11.1 Å². The number of hydrogen-bond donors (Lipinski definition) is 2. The van der Waals surface area contributed by atoms with E-state index in [1.807, 2.05) is 30.3 Å². The van der Waals surface area contributed by atoms with Crippen molar-refractivity contribution in [1.82, 2.24) is 10.2 Å². The Morgan fingerprint density at radius 2 is 2.05 bits per heavy atom. The molecule has 0 radical (unpaired) electrons. The molecule has 1 atom stereocenters. The Labute approximate surface area is 112 Å². The zero-order chi connectivity index (χ0) is 13.7. The molecule has 5 nitrogen and oxygen atoms in total. The monoisotopic (exact) mass is 261 g/mol. The van der Waals surface area contributed by atoms with Crippen LogP contribution in [-0.2, 0) is 16.0 Å². The molecule has 1 aliphatic heterocycles. The van der Waals surface area contributed by atoms with Gasteiger partial charge in [-0.25, -0.2) is 0 Å². The Bertz CT molecular complexity index is 447. The van der Waals surface area contributed by atoms with E-state index in [1.54, 1.807) is 4.90 Å². The standard InChI is InChI=1S/C14H19N3O2/c15-14(19)12(10-11-4-2-1-3-5-11)17-9-8-16-7-6-13(17)18/h1-5,12,16H,6-10H2,(H2,15,19)/t12-/m0/s1. The lowest BCUT2D eigenvalue weighted by molar-refractivity contribution is -0.138. The fraction of sp³-hybridized carbons (Fsp3) is 0.429. The summed E-state index contributed by atoms with van der Waals surface area (Å²) < 4.78 is 0. The summed E-state index contributed by atoms with van der Waals surface area (Å²) in [6, 6.07) is 9.07. The molecule has 0 saturated carbocycles. The smallest absolute Gasteiger partial charge is 0.240 e. The van der Waals surface area contributed by atoms with Crippen molar-refractivity contribution in [2.75, 3.05) is 19.6 Å². The predicted molar refractivity (Wildman–Crippen MR) is 72.3 cm³/mol. The Morgan fingerprint density at radius 1 is 1.32 bits per heavy atom. The maximum absolute atomic E-state index is 12.0. The number of nitrogens with one attached hydrogen (secondary N) is 1. The van der Waals surface area contributed by atoms with E-state index in [1.165, 1.54) is 0 Å². The van der Waals surface area contributed by atoms with Gasteiger partial charge >= 0.3 is 0 Å². The van der Waals surface area contributed by atoms with Gasteiger partial charge in [0.2, 0.25) is 11.8 Å².